The molecule has 0 aliphatic rings. The van der Waals surface area contributed by atoms with Gasteiger partial charge in [-0.15, -0.1) is 13.2 Å². The molecule has 0 bridgehead atoms. The third kappa shape index (κ3) is 4.54. The molecule has 0 saturated carbocycles. The predicted molar refractivity (Wildman–Crippen MR) is 105 cm³/mol. The predicted octanol–water partition coefficient (Wildman–Crippen LogP) is 3.20. The number of hydrogen-bond donors (Lipinski definition) is 1. The van der Waals surface area contributed by atoms with Crippen LogP contribution >= 0.6 is 0 Å². The second-order valence-corrected chi connectivity index (χ2v) is 6.35. The summed E-state index contributed by atoms with van der Waals surface area (Å²) in [6.07, 6.45) is -4.88. The number of carbonyl (C=O) groups excluding carboxylic acids is 2. The van der Waals surface area contributed by atoms with E-state index in [-0.39, 0.29) is 33.9 Å². The summed E-state index contributed by atoms with van der Waals surface area (Å²) in [6.45, 7) is 2.53. The van der Waals surface area contributed by atoms with Crippen LogP contribution in [-0.4, -0.2) is 39.8 Å². The van der Waals surface area contributed by atoms with Gasteiger partial charge in [0.2, 0.25) is 17.0 Å². The van der Waals surface area contributed by atoms with Crippen LogP contribution in [0.15, 0.2) is 47.3 Å². The second kappa shape index (κ2) is 8.67. The molecule has 0 aliphatic heterocycles. The highest BCUT2D eigenvalue weighted by Crippen LogP contribution is 2.27. The van der Waals surface area contributed by atoms with Crippen molar-refractivity contribution in [2.75, 3.05) is 11.7 Å². The Morgan fingerprint density at radius 2 is 1.81 bits per heavy atom. The Morgan fingerprint density at radius 1 is 1.16 bits per heavy atom. The Kier molecular flexibility index (Phi) is 6.16. The van der Waals surface area contributed by atoms with E-state index < -0.39 is 35.1 Å². The molecule has 0 aliphatic carbocycles. The number of carbonyl (C=O) groups is 2. The number of rotatable bonds is 5. The van der Waals surface area contributed by atoms with Crippen molar-refractivity contribution >= 4 is 28.5 Å². The zero-order chi connectivity index (χ0) is 23.6. The lowest BCUT2D eigenvalue weighted by molar-refractivity contribution is -0.274. The minimum atomic E-state index is -4.88. The largest absolute Gasteiger partial charge is 0.573 e. The standard InChI is InChI=1S/C20H16F3N3O6/c1-3-31-19(29)17-18(28)16-14(5-4-6-15(16)26(30)11(2)27)25(24-17)12-7-9-13(10-8-12)32-20(21,22)23/h4-10,30H,3H2,1-2H3. The molecule has 1 N–H and O–H groups in total. The fourth-order valence-electron chi connectivity index (χ4n) is 2.92. The van der Waals surface area contributed by atoms with Gasteiger partial charge in [0.1, 0.15) is 5.75 Å². The first-order chi connectivity index (χ1) is 15.0. The van der Waals surface area contributed by atoms with Gasteiger partial charge in [0.15, 0.2) is 0 Å². The summed E-state index contributed by atoms with van der Waals surface area (Å²) < 4.78 is 47.1. The van der Waals surface area contributed by atoms with E-state index in [0.29, 0.717) is 0 Å². The van der Waals surface area contributed by atoms with Gasteiger partial charge in [0.25, 0.3) is 0 Å². The second-order valence-electron chi connectivity index (χ2n) is 6.35. The molecule has 2 aromatic carbocycles. The van der Waals surface area contributed by atoms with Gasteiger partial charge in [-0.1, -0.05) is 6.07 Å². The van der Waals surface area contributed by atoms with Crippen molar-refractivity contribution in [3.8, 4) is 11.4 Å². The Morgan fingerprint density at radius 3 is 2.38 bits per heavy atom. The number of halogens is 3. The lowest BCUT2D eigenvalue weighted by Crippen LogP contribution is -2.29. The highest BCUT2D eigenvalue weighted by atomic mass is 19.4. The first-order valence-electron chi connectivity index (χ1n) is 9.12. The van der Waals surface area contributed by atoms with E-state index in [2.05, 4.69) is 9.84 Å². The summed E-state index contributed by atoms with van der Waals surface area (Å²) in [6, 6.07) is 8.63. The first-order valence-corrected chi connectivity index (χ1v) is 9.12. The van der Waals surface area contributed by atoms with E-state index in [1.54, 1.807) is 0 Å². The van der Waals surface area contributed by atoms with E-state index >= 15 is 0 Å². The minimum Gasteiger partial charge on any atom is -0.461 e. The number of benzene rings is 2. The quantitative estimate of drug-likeness (QED) is 0.360. The number of esters is 1. The molecule has 0 unspecified atom stereocenters. The van der Waals surface area contributed by atoms with Crippen molar-refractivity contribution in [3.63, 3.8) is 0 Å². The number of hydroxylamine groups is 1. The monoisotopic (exact) mass is 451 g/mol. The van der Waals surface area contributed by atoms with Crippen LogP contribution in [0.4, 0.5) is 18.9 Å². The highest BCUT2D eigenvalue weighted by molar-refractivity contribution is 6.02. The molecule has 168 valence electrons. The molecule has 12 heteroatoms. The van der Waals surface area contributed by atoms with E-state index in [0.717, 1.165) is 23.7 Å². The van der Waals surface area contributed by atoms with Gasteiger partial charge < -0.3 is 9.47 Å². The molecule has 1 heterocycles. The van der Waals surface area contributed by atoms with Crippen LogP contribution in [0, 0.1) is 0 Å². The molecule has 1 aromatic heterocycles. The minimum absolute atomic E-state index is 0.0529. The van der Waals surface area contributed by atoms with Crippen molar-refractivity contribution in [2.24, 2.45) is 0 Å². The van der Waals surface area contributed by atoms with Gasteiger partial charge in [-0.2, -0.15) is 10.2 Å². The average Bonchev–Trinajstić information content (AvgIpc) is 2.72. The maximum atomic E-state index is 13.0. The molecule has 3 aromatic rings. The topological polar surface area (TPSA) is 111 Å². The van der Waals surface area contributed by atoms with Crippen LogP contribution in [0.3, 0.4) is 0 Å². The smallest absolute Gasteiger partial charge is 0.461 e. The number of alkyl halides is 3. The van der Waals surface area contributed by atoms with E-state index in [1.807, 2.05) is 0 Å². The summed E-state index contributed by atoms with van der Waals surface area (Å²) in [4.78, 5) is 37.0. The summed E-state index contributed by atoms with van der Waals surface area (Å²) in [7, 11) is 0. The number of fused-ring (bicyclic) bond motifs is 1. The summed E-state index contributed by atoms with van der Waals surface area (Å²) in [5.41, 5.74) is -1.51. The van der Waals surface area contributed by atoms with Crippen molar-refractivity contribution in [2.45, 2.75) is 20.2 Å². The molecule has 3 rings (SSSR count). The van der Waals surface area contributed by atoms with Crippen molar-refractivity contribution in [1.82, 2.24) is 9.78 Å². The summed E-state index contributed by atoms with van der Waals surface area (Å²) in [5, 5.41) is 14.2. The van der Waals surface area contributed by atoms with Crippen LogP contribution in [-0.2, 0) is 9.53 Å². The SMILES string of the molecule is CCOC(=O)c1nn(-c2ccc(OC(F)(F)F)cc2)c2cccc(N(O)C(C)=O)c2c1=O. The van der Waals surface area contributed by atoms with Crippen LogP contribution < -0.4 is 15.2 Å². The highest BCUT2D eigenvalue weighted by Gasteiger charge is 2.31. The Bertz CT molecular complexity index is 1240. The van der Waals surface area contributed by atoms with Crippen molar-refractivity contribution < 1.29 is 37.4 Å². The third-order valence-corrected chi connectivity index (χ3v) is 4.20. The zero-order valence-electron chi connectivity index (χ0n) is 16.7. The van der Waals surface area contributed by atoms with Gasteiger partial charge in [0.05, 0.1) is 28.9 Å². The number of hydrogen-bond acceptors (Lipinski definition) is 7. The third-order valence-electron chi connectivity index (χ3n) is 4.20. The fourth-order valence-corrected chi connectivity index (χ4v) is 2.92. The van der Waals surface area contributed by atoms with Crippen molar-refractivity contribution in [3.05, 3.63) is 58.4 Å². The molecule has 0 saturated heterocycles. The molecule has 0 radical (unpaired) electrons. The van der Waals surface area contributed by atoms with Crippen molar-refractivity contribution in [1.29, 1.82) is 0 Å². The normalized spacial score (nSPS) is 11.3. The zero-order valence-corrected chi connectivity index (χ0v) is 16.7. The lowest BCUT2D eigenvalue weighted by atomic mass is 10.1. The van der Waals surface area contributed by atoms with Gasteiger partial charge in [-0.3, -0.25) is 14.8 Å². The molecular weight excluding hydrogens is 435 g/mol. The maximum Gasteiger partial charge on any atom is 0.573 e. The average molecular weight is 451 g/mol. The number of amides is 1. The fraction of sp³-hybridized carbons (Fsp3) is 0.200. The van der Waals surface area contributed by atoms with E-state index in [4.69, 9.17) is 4.74 Å². The molecule has 9 nitrogen and oxygen atoms in total. The van der Waals surface area contributed by atoms with Gasteiger partial charge in [0, 0.05) is 6.92 Å². The Hall–Kier alpha value is -3.93. The van der Waals surface area contributed by atoms with Crippen LogP contribution in [0.5, 0.6) is 5.75 Å². The van der Waals surface area contributed by atoms with E-state index in [1.165, 1.54) is 37.3 Å². The van der Waals surface area contributed by atoms with Gasteiger partial charge in [-0.05, 0) is 43.3 Å². The van der Waals surface area contributed by atoms with Gasteiger partial charge in [-0.25, -0.2) is 9.48 Å². The molecule has 0 fully saturated rings. The Balaban J connectivity index is 2.29. The van der Waals surface area contributed by atoms with Crippen LogP contribution in [0.25, 0.3) is 16.6 Å². The first kappa shape index (κ1) is 22.7. The number of ether oxygens (including phenoxy) is 2. The number of aromatic nitrogens is 2. The summed E-state index contributed by atoms with van der Waals surface area (Å²) >= 11 is 0. The Labute approximate surface area is 178 Å². The number of anilines is 1. The van der Waals surface area contributed by atoms with E-state index in [9.17, 15) is 32.8 Å². The van der Waals surface area contributed by atoms with Crippen LogP contribution in [0.1, 0.15) is 24.3 Å². The molecular formula is C20H16F3N3O6. The number of nitrogens with zero attached hydrogens (tertiary/aromatic N) is 3. The van der Waals surface area contributed by atoms with Gasteiger partial charge >= 0.3 is 12.3 Å². The molecule has 32 heavy (non-hydrogen) atoms. The maximum absolute atomic E-state index is 13.0. The molecule has 0 atom stereocenters. The lowest BCUT2D eigenvalue weighted by Gasteiger charge is -2.18. The molecule has 1 amide bonds. The molecule has 0 spiro atoms. The summed E-state index contributed by atoms with van der Waals surface area (Å²) in [5.74, 6) is -2.34. The van der Waals surface area contributed by atoms with Crippen LogP contribution in [0.2, 0.25) is 0 Å².